The van der Waals surface area contributed by atoms with Crippen LogP contribution < -0.4 is 5.32 Å². The summed E-state index contributed by atoms with van der Waals surface area (Å²) in [4.78, 5) is 0. The van der Waals surface area contributed by atoms with E-state index < -0.39 is 8.32 Å². The molecule has 0 spiro atoms. The summed E-state index contributed by atoms with van der Waals surface area (Å²) in [5.74, 6) is 0. The first-order chi connectivity index (χ1) is 4.08. The monoisotopic (exact) mass is 145 g/mol. The number of hydrogen-bond donors (Lipinski definition) is 1. The third-order valence-corrected chi connectivity index (χ3v) is 2.30. The molecule has 0 unspecified atom stereocenters. The minimum atomic E-state index is -1.23. The van der Waals surface area contributed by atoms with Crippen LogP contribution in [0.2, 0.25) is 19.6 Å². The zero-order valence-corrected chi connectivity index (χ0v) is 7.40. The molecule has 0 aromatic carbocycles. The van der Waals surface area contributed by atoms with Gasteiger partial charge in [0.05, 0.1) is 6.10 Å². The molecule has 0 radical (unpaired) electrons. The molecular weight excluding hydrogens is 130 g/mol. The maximum absolute atomic E-state index is 5.75. The molecule has 0 amide bonds. The molecule has 0 saturated carbocycles. The lowest BCUT2D eigenvalue weighted by atomic mass is 10.2. The maximum Gasteiger partial charge on any atom is 0.184 e. The number of rotatable bonds is 2. The van der Waals surface area contributed by atoms with Crippen LogP contribution in [0.4, 0.5) is 0 Å². The average Bonchev–Trinajstić information content (AvgIpc) is 1.53. The summed E-state index contributed by atoms with van der Waals surface area (Å²) in [7, 11) is -1.23. The molecule has 0 atom stereocenters. The van der Waals surface area contributed by atoms with Gasteiger partial charge in [-0.05, 0) is 19.6 Å². The van der Waals surface area contributed by atoms with Crippen molar-refractivity contribution in [3.8, 4) is 0 Å². The van der Waals surface area contributed by atoms with E-state index in [1.165, 1.54) is 0 Å². The summed E-state index contributed by atoms with van der Waals surface area (Å²) < 4.78 is 5.75. The van der Waals surface area contributed by atoms with E-state index in [-0.39, 0.29) is 0 Å². The van der Waals surface area contributed by atoms with E-state index in [4.69, 9.17) is 4.43 Å². The molecule has 1 rings (SSSR count). The van der Waals surface area contributed by atoms with Gasteiger partial charge in [0.2, 0.25) is 0 Å². The molecule has 1 heterocycles. The van der Waals surface area contributed by atoms with Gasteiger partial charge in [-0.25, -0.2) is 0 Å². The van der Waals surface area contributed by atoms with Gasteiger partial charge in [-0.3, -0.25) is 0 Å². The molecule has 1 aliphatic rings. The van der Waals surface area contributed by atoms with Gasteiger partial charge in [-0.15, -0.1) is 0 Å². The Bertz CT molecular complexity index is 95.7. The van der Waals surface area contributed by atoms with Crippen molar-refractivity contribution in [3.05, 3.63) is 0 Å². The lowest BCUT2D eigenvalue weighted by Crippen LogP contribution is -2.52. The quantitative estimate of drug-likeness (QED) is 0.581. The first-order valence-corrected chi connectivity index (χ1v) is 6.87. The van der Waals surface area contributed by atoms with Gasteiger partial charge in [0, 0.05) is 13.1 Å². The molecule has 1 aliphatic heterocycles. The fourth-order valence-corrected chi connectivity index (χ4v) is 2.01. The Balaban J connectivity index is 2.16. The topological polar surface area (TPSA) is 21.3 Å². The molecule has 54 valence electrons. The van der Waals surface area contributed by atoms with Gasteiger partial charge in [-0.2, -0.15) is 0 Å². The molecule has 1 saturated heterocycles. The standard InChI is InChI=1S/C6H15NOSi/c1-9(2,3)8-6-4-7-5-6/h6-7H,4-5H2,1-3H3. The molecule has 0 aliphatic carbocycles. The van der Waals surface area contributed by atoms with Crippen LogP contribution >= 0.6 is 0 Å². The third-order valence-electron chi connectivity index (χ3n) is 1.26. The van der Waals surface area contributed by atoms with E-state index >= 15 is 0 Å². The summed E-state index contributed by atoms with van der Waals surface area (Å²) >= 11 is 0. The van der Waals surface area contributed by atoms with E-state index in [1.807, 2.05) is 0 Å². The Kier molecular flexibility index (Phi) is 1.93. The summed E-state index contributed by atoms with van der Waals surface area (Å²) in [6.45, 7) is 8.80. The van der Waals surface area contributed by atoms with E-state index in [0.29, 0.717) is 6.10 Å². The molecule has 9 heavy (non-hydrogen) atoms. The van der Waals surface area contributed by atoms with Crippen molar-refractivity contribution in [2.24, 2.45) is 0 Å². The largest absolute Gasteiger partial charge is 0.412 e. The second-order valence-corrected chi connectivity index (χ2v) is 7.97. The van der Waals surface area contributed by atoms with Crippen LogP contribution in [0.15, 0.2) is 0 Å². The van der Waals surface area contributed by atoms with Crippen LogP contribution in [-0.4, -0.2) is 27.5 Å². The Labute approximate surface area is 57.7 Å². The van der Waals surface area contributed by atoms with Crippen molar-refractivity contribution in [2.75, 3.05) is 13.1 Å². The first kappa shape index (κ1) is 7.25. The van der Waals surface area contributed by atoms with Crippen molar-refractivity contribution in [1.82, 2.24) is 5.32 Å². The third kappa shape index (κ3) is 2.47. The predicted octanol–water partition coefficient (Wildman–Crippen LogP) is 0.810. The molecule has 3 heteroatoms. The van der Waals surface area contributed by atoms with Crippen molar-refractivity contribution < 1.29 is 4.43 Å². The van der Waals surface area contributed by atoms with Crippen LogP contribution in [0.25, 0.3) is 0 Å². The minimum absolute atomic E-state index is 0.525. The van der Waals surface area contributed by atoms with Crippen molar-refractivity contribution >= 4 is 8.32 Å². The number of nitrogens with one attached hydrogen (secondary N) is 1. The lowest BCUT2D eigenvalue weighted by Gasteiger charge is -2.33. The Hall–Kier alpha value is 0.137. The summed E-state index contributed by atoms with van der Waals surface area (Å²) in [5.41, 5.74) is 0. The van der Waals surface area contributed by atoms with Gasteiger partial charge in [0.25, 0.3) is 0 Å². The van der Waals surface area contributed by atoms with Crippen molar-refractivity contribution in [2.45, 2.75) is 25.7 Å². The fourth-order valence-electron chi connectivity index (χ4n) is 0.846. The highest BCUT2D eigenvalue weighted by atomic mass is 28.4. The molecular formula is C6H15NOSi. The highest BCUT2D eigenvalue weighted by molar-refractivity contribution is 6.69. The highest BCUT2D eigenvalue weighted by Crippen LogP contribution is 2.09. The second-order valence-electron chi connectivity index (χ2n) is 3.51. The molecule has 0 aromatic heterocycles. The molecule has 0 bridgehead atoms. The van der Waals surface area contributed by atoms with Crippen LogP contribution in [-0.2, 0) is 4.43 Å². The van der Waals surface area contributed by atoms with E-state index in [1.54, 1.807) is 0 Å². The SMILES string of the molecule is C[Si](C)(C)OC1CNC1. The average molecular weight is 145 g/mol. The normalized spacial score (nSPS) is 21.7. The van der Waals surface area contributed by atoms with Crippen LogP contribution in [0.5, 0.6) is 0 Å². The number of hydrogen-bond acceptors (Lipinski definition) is 2. The van der Waals surface area contributed by atoms with Gasteiger partial charge >= 0.3 is 0 Å². The van der Waals surface area contributed by atoms with Gasteiger partial charge in [0.1, 0.15) is 0 Å². The van der Waals surface area contributed by atoms with Gasteiger partial charge in [-0.1, -0.05) is 0 Å². The minimum Gasteiger partial charge on any atom is -0.412 e. The van der Waals surface area contributed by atoms with Crippen molar-refractivity contribution in [3.63, 3.8) is 0 Å². The predicted molar refractivity (Wildman–Crippen MR) is 41.1 cm³/mol. The van der Waals surface area contributed by atoms with Crippen LogP contribution in [0.1, 0.15) is 0 Å². The fraction of sp³-hybridized carbons (Fsp3) is 1.00. The summed E-state index contributed by atoms with van der Waals surface area (Å²) in [6, 6.07) is 0. The van der Waals surface area contributed by atoms with Crippen molar-refractivity contribution in [1.29, 1.82) is 0 Å². The van der Waals surface area contributed by atoms with E-state index in [9.17, 15) is 0 Å². The van der Waals surface area contributed by atoms with Gasteiger partial charge in [0.15, 0.2) is 8.32 Å². The molecule has 0 aromatic rings. The van der Waals surface area contributed by atoms with E-state index in [0.717, 1.165) is 13.1 Å². The summed E-state index contributed by atoms with van der Waals surface area (Å²) in [6.07, 6.45) is 0.525. The zero-order chi connectivity index (χ0) is 6.91. The second kappa shape index (κ2) is 2.40. The zero-order valence-electron chi connectivity index (χ0n) is 6.40. The van der Waals surface area contributed by atoms with Gasteiger partial charge < -0.3 is 9.74 Å². The Morgan fingerprint density at radius 2 is 1.89 bits per heavy atom. The highest BCUT2D eigenvalue weighted by Gasteiger charge is 2.24. The smallest absolute Gasteiger partial charge is 0.184 e. The van der Waals surface area contributed by atoms with E-state index in [2.05, 4.69) is 25.0 Å². The Morgan fingerprint density at radius 3 is 2.00 bits per heavy atom. The molecule has 2 nitrogen and oxygen atoms in total. The maximum atomic E-state index is 5.75. The first-order valence-electron chi connectivity index (χ1n) is 3.46. The van der Waals surface area contributed by atoms with Crippen LogP contribution in [0, 0.1) is 0 Å². The Morgan fingerprint density at radius 1 is 1.33 bits per heavy atom. The molecule has 1 fully saturated rings. The lowest BCUT2D eigenvalue weighted by molar-refractivity contribution is 0.135. The van der Waals surface area contributed by atoms with Crippen LogP contribution in [0.3, 0.4) is 0 Å². The molecule has 1 N–H and O–H groups in total. The summed E-state index contributed by atoms with van der Waals surface area (Å²) in [5, 5.41) is 3.18.